The Morgan fingerprint density at radius 3 is 2.65 bits per heavy atom. The highest BCUT2D eigenvalue weighted by atomic mass is 32.2. The molecule has 4 N–H and O–H groups in total. The molecule has 0 aromatic carbocycles. The SMILES string of the molecule is CN(c1ccc(N)c(N)n1)C1CCS(=O)(=O)C1. The molecule has 1 aliphatic heterocycles. The summed E-state index contributed by atoms with van der Waals surface area (Å²) in [6, 6.07) is 3.39. The zero-order valence-electron chi connectivity index (χ0n) is 9.63. The lowest BCUT2D eigenvalue weighted by Crippen LogP contribution is -2.33. The predicted molar refractivity (Wildman–Crippen MR) is 68.5 cm³/mol. The van der Waals surface area contributed by atoms with Crippen LogP contribution in [0.15, 0.2) is 12.1 Å². The highest BCUT2D eigenvalue weighted by Crippen LogP contribution is 2.23. The van der Waals surface area contributed by atoms with E-state index in [-0.39, 0.29) is 23.4 Å². The van der Waals surface area contributed by atoms with Crippen LogP contribution in [0.25, 0.3) is 0 Å². The average molecular weight is 256 g/mol. The maximum Gasteiger partial charge on any atom is 0.152 e. The molecule has 7 heteroatoms. The normalized spacial score (nSPS) is 22.5. The minimum Gasteiger partial charge on any atom is -0.396 e. The van der Waals surface area contributed by atoms with Crippen molar-refractivity contribution in [2.45, 2.75) is 12.5 Å². The van der Waals surface area contributed by atoms with Gasteiger partial charge in [-0.25, -0.2) is 13.4 Å². The van der Waals surface area contributed by atoms with E-state index in [1.807, 2.05) is 11.9 Å². The van der Waals surface area contributed by atoms with Crippen molar-refractivity contribution in [2.24, 2.45) is 0 Å². The monoisotopic (exact) mass is 256 g/mol. The molecule has 1 fully saturated rings. The maximum absolute atomic E-state index is 11.4. The Balaban J connectivity index is 2.20. The Labute approximate surface area is 101 Å². The molecule has 1 atom stereocenters. The molecule has 0 aliphatic carbocycles. The molecule has 1 aromatic heterocycles. The number of hydrogen-bond acceptors (Lipinski definition) is 6. The fourth-order valence-corrected chi connectivity index (χ4v) is 3.71. The number of nitrogens with two attached hydrogens (primary N) is 2. The summed E-state index contributed by atoms with van der Waals surface area (Å²) in [6.07, 6.45) is 0.630. The summed E-state index contributed by atoms with van der Waals surface area (Å²) in [5, 5.41) is 0. The Bertz CT molecular complexity index is 529. The van der Waals surface area contributed by atoms with Gasteiger partial charge in [0.25, 0.3) is 0 Å². The molecule has 2 heterocycles. The van der Waals surface area contributed by atoms with Crippen molar-refractivity contribution in [3.8, 4) is 0 Å². The number of nitrogen functional groups attached to an aromatic ring is 2. The van der Waals surface area contributed by atoms with Crippen LogP contribution < -0.4 is 16.4 Å². The van der Waals surface area contributed by atoms with Crippen LogP contribution in [0.2, 0.25) is 0 Å². The van der Waals surface area contributed by atoms with Crippen molar-refractivity contribution in [1.29, 1.82) is 0 Å². The summed E-state index contributed by atoms with van der Waals surface area (Å²) in [7, 11) is -1.07. The van der Waals surface area contributed by atoms with Crippen LogP contribution in [0.1, 0.15) is 6.42 Å². The highest BCUT2D eigenvalue weighted by molar-refractivity contribution is 7.91. The van der Waals surface area contributed by atoms with Gasteiger partial charge in [-0.1, -0.05) is 0 Å². The van der Waals surface area contributed by atoms with Crippen molar-refractivity contribution in [3.63, 3.8) is 0 Å². The first-order valence-electron chi connectivity index (χ1n) is 5.34. The number of nitrogens with zero attached hydrogens (tertiary/aromatic N) is 2. The van der Waals surface area contributed by atoms with E-state index in [4.69, 9.17) is 11.5 Å². The van der Waals surface area contributed by atoms with Crippen LogP contribution in [-0.4, -0.2) is 38.0 Å². The van der Waals surface area contributed by atoms with E-state index in [9.17, 15) is 8.42 Å². The molecule has 0 amide bonds. The van der Waals surface area contributed by atoms with Gasteiger partial charge >= 0.3 is 0 Å². The molecule has 0 radical (unpaired) electrons. The predicted octanol–water partition coefficient (Wildman–Crippen LogP) is -0.131. The molecule has 17 heavy (non-hydrogen) atoms. The van der Waals surface area contributed by atoms with Crippen LogP contribution in [0.4, 0.5) is 17.3 Å². The van der Waals surface area contributed by atoms with E-state index in [0.717, 1.165) is 0 Å². The van der Waals surface area contributed by atoms with E-state index in [1.165, 1.54) is 0 Å². The van der Waals surface area contributed by atoms with Gasteiger partial charge in [-0.15, -0.1) is 0 Å². The van der Waals surface area contributed by atoms with E-state index in [0.29, 0.717) is 17.9 Å². The molecule has 0 bridgehead atoms. The van der Waals surface area contributed by atoms with Crippen molar-refractivity contribution in [3.05, 3.63) is 12.1 Å². The number of sulfone groups is 1. The average Bonchev–Trinajstić information content (AvgIpc) is 2.62. The largest absolute Gasteiger partial charge is 0.396 e. The highest BCUT2D eigenvalue weighted by Gasteiger charge is 2.31. The summed E-state index contributed by atoms with van der Waals surface area (Å²) in [4.78, 5) is 6.00. The van der Waals surface area contributed by atoms with Gasteiger partial charge in [-0.2, -0.15) is 0 Å². The quantitative estimate of drug-likeness (QED) is 0.764. The lowest BCUT2D eigenvalue weighted by molar-refractivity contribution is 0.600. The van der Waals surface area contributed by atoms with Crippen molar-refractivity contribution in [2.75, 3.05) is 34.9 Å². The van der Waals surface area contributed by atoms with Gasteiger partial charge in [-0.05, 0) is 18.6 Å². The fraction of sp³-hybridized carbons (Fsp3) is 0.500. The van der Waals surface area contributed by atoms with Crippen molar-refractivity contribution < 1.29 is 8.42 Å². The first kappa shape index (κ1) is 12.0. The first-order chi connectivity index (χ1) is 7.89. The second kappa shape index (κ2) is 4.06. The lowest BCUT2D eigenvalue weighted by Gasteiger charge is -2.24. The smallest absolute Gasteiger partial charge is 0.152 e. The van der Waals surface area contributed by atoms with Gasteiger partial charge in [0.05, 0.1) is 17.2 Å². The Kier molecular flexibility index (Phi) is 2.86. The standard InChI is InChI=1S/C10H16N4O2S/c1-14(7-4-5-17(15,16)6-7)9-3-2-8(11)10(12)13-9/h2-3,7H,4-6,11H2,1H3,(H2,12,13). The third kappa shape index (κ3) is 2.44. The van der Waals surface area contributed by atoms with Gasteiger partial charge in [0.1, 0.15) is 11.6 Å². The van der Waals surface area contributed by atoms with Crippen LogP contribution >= 0.6 is 0 Å². The van der Waals surface area contributed by atoms with Gasteiger partial charge in [0, 0.05) is 13.1 Å². The Morgan fingerprint density at radius 2 is 2.12 bits per heavy atom. The lowest BCUT2D eigenvalue weighted by atomic mass is 10.2. The molecule has 2 rings (SSSR count). The zero-order valence-corrected chi connectivity index (χ0v) is 10.4. The van der Waals surface area contributed by atoms with E-state index in [1.54, 1.807) is 12.1 Å². The molecule has 0 spiro atoms. The summed E-state index contributed by atoms with van der Waals surface area (Å²) in [5.41, 5.74) is 11.6. The number of hydrogen-bond donors (Lipinski definition) is 2. The Hall–Kier alpha value is -1.50. The summed E-state index contributed by atoms with van der Waals surface area (Å²) >= 11 is 0. The summed E-state index contributed by atoms with van der Waals surface area (Å²) in [5.74, 6) is 1.34. The number of anilines is 3. The second-order valence-corrected chi connectivity index (χ2v) is 6.54. The fourth-order valence-electron chi connectivity index (χ4n) is 1.94. The first-order valence-corrected chi connectivity index (χ1v) is 7.16. The van der Waals surface area contributed by atoms with Gasteiger partial charge < -0.3 is 16.4 Å². The molecular weight excluding hydrogens is 240 g/mol. The second-order valence-electron chi connectivity index (χ2n) is 4.31. The molecular formula is C10H16N4O2S. The third-order valence-electron chi connectivity index (χ3n) is 3.06. The number of pyridine rings is 1. The molecule has 1 unspecified atom stereocenters. The molecule has 1 aromatic rings. The van der Waals surface area contributed by atoms with Crippen LogP contribution in [0, 0.1) is 0 Å². The molecule has 1 saturated heterocycles. The van der Waals surface area contributed by atoms with Crippen LogP contribution in [-0.2, 0) is 9.84 Å². The number of aromatic nitrogens is 1. The maximum atomic E-state index is 11.4. The van der Waals surface area contributed by atoms with Crippen LogP contribution in [0.3, 0.4) is 0 Å². The minimum absolute atomic E-state index is 0.0319. The molecule has 1 aliphatic rings. The van der Waals surface area contributed by atoms with E-state index in [2.05, 4.69) is 4.98 Å². The summed E-state index contributed by atoms with van der Waals surface area (Å²) in [6.45, 7) is 0. The van der Waals surface area contributed by atoms with E-state index >= 15 is 0 Å². The molecule has 0 saturated carbocycles. The van der Waals surface area contributed by atoms with E-state index < -0.39 is 9.84 Å². The number of rotatable bonds is 2. The van der Waals surface area contributed by atoms with Crippen molar-refractivity contribution >= 4 is 27.2 Å². The topological polar surface area (TPSA) is 102 Å². The zero-order chi connectivity index (χ0) is 12.6. The molecule has 6 nitrogen and oxygen atoms in total. The van der Waals surface area contributed by atoms with Gasteiger partial charge in [0.2, 0.25) is 0 Å². The molecule has 94 valence electrons. The van der Waals surface area contributed by atoms with Gasteiger partial charge in [0.15, 0.2) is 9.84 Å². The minimum atomic E-state index is -2.89. The summed E-state index contributed by atoms with van der Waals surface area (Å²) < 4.78 is 22.8. The van der Waals surface area contributed by atoms with Crippen molar-refractivity contribution in [1.82, 2.24) is 4.98 Å². The Morgan fingerprint density at radius 1 is 1.41 bits per heavy atom. The third-order valence-corrected chi connectivity index (χ3v) is 4.81. The van der Waals surface area contributed by atoms with Gasteiger partial charge in [-0.3, -0.25) is 0 Å². The van der Waals surface area contributed by atoms with Crippen LogP contribution in [0.5, 0.6) is 0 Å².